The maximum absolute atomic E-state index is 11.7. The third kappa shape index (κ3) is 4.91. The number of hydrogen-bond acceptors (Lipinski definition) is 4. The van der Waals surface area contributed by atoms with E-state index in [2.05, 4.69) is 10.2 Å². The van der Waals surface area contributed by atoms with E-state index in [1.165, 1.54) is 0 Å². The molecule has 0 aromatic carbocycles. The molecule has 1 aliphatic rings. The van der Waals surface area contributed by atoms with Gasteiger partial charge in [0.2, 0.25) is 0 Å². The van der Waals surface area contributed by atoms with Crippen molar-refractivity contribution in [2.75, 3.05) is 26.7 Å². The molecule has 1 saturated heterocycles. The van der Waals surface area contributed by atoms with E-state index in [-0.39, 0.29) is 18.6 Å². The average molecular weight is 244 g/mol. The quantitative estimate of drug-likeness (QED) is 0.755. The number of aliphatic hydroxyl groups is 1. The fraction of sp³-hybridized carbons (Fsp3) is 0.917. The van der Waals surface area contributed by atoms with Crippen LogP contribution in [0.5, 0.6) is 0 Å². The van der Waals surface area contributed by atoms with Crippen molar-refractivity contribution in [3.05, 3.63) is 0 Å². The highest BCUT2D eigenvalue weighted by molar-refractivity contribution is 5.68. The monoisotopic (exact) mass is 244 g/mol. The Labute approximate surface area is 103 Å². The smallest absolute Gasteiger partial charge is 0.407 e. The predicted octanol–water partition coefficient (Wildman–Crippen LogP) is 0.824. The fourth-order valence-corrected chi connectivity index (χ4v) is 2.00. The van der Waals surface area contributed by atoms with Crippen molar-refractivity contribution in [3.63, 3.8) is 0 Å². The normalized spacial score (nSPS) is 26.6. The van der Waals surface area contributed by atoms with E-state index in [0.717, 1.165) is 19.5 Å². The van der Waals surface area contributed by atoms with E-state index in [0.29, 0.717) is 0 Å². The number of piperidine rings is 1. The molecular formula is C12H24N2O3. The van der Waals surface area contributed by atoms with Crippen LogP contribution in [0, 0.1) is 5.92 Å². The molecule has 0 bridgehead atoms. The maximum atomic E-state index is 11.7. The number of rotatable bonds is 2. The summed E-state index contributed by atoms with van der Waals surface area (Å²) in [4.78, 5) is 13.8. The van der Waals surface area contributed by atoms with Gasteiger partial charge in [-0.05, 0) is 40.8 Å². The van der Waals surface area contributed by atoms with Gasteiger partial charge in [-0.25, -0.2) is 4.79 Å². The van der Waals surface area contributed by atoms with Crippen LogP contribution in [0.3, 0.4) is 0 Å². The lowest BCUT2D eigenvalue weighted by Gasteiger charge is -2.36. The molecule has 5 nitrogen and oxygen atoms in total. The highest BCUT2D eigenvalue weighted by atomic mass is 16.6. The molecule has 1 amide bonds. The topological polar surface area (TPSA) is 61.8 Å². The van der Waals surface area contributed by atoms with E-state index >= 15 is 0 Å². The summed E-state index contributed by atoms with van der Waals surface area (Å²) in [6.45, 7) is 7.33. The number of nitrogens with one attached hydrogen (secondary N) is 1. The minimum atomic E-state index is -0.487. The molecule has 2 unspecified atom stereocenters. The van der Waals surface area contributed by atoms with Crippen molar-refractivity contribution in [1.29, 1.82) is 0 Å². The number of likely N-dealkylation sites (N-methyl/N-ethyl adjacent to an activating group) is 1. The zero-order chi connectivity index (χ0) is 13.1. The van der Waals surface area contributed by atoms with E-state index in [9.17, 15) is 9.90 Å². The Morgan fingerprint density at radius 2 is 2.18 bits per heavy atom. The zero-order valence-corrected chi connectivity index (χ0v) is 11.2. The third-order valence-electron chi connectivity index (χ3n) is 2.90. The van der Waals surface area contributed by atoms with Gasteiger partial charge in [0.25, 0.3) is 0 Å². The molecule has 17 heavy (non-hydrogen) atoms. The summed E-state index contributed by atoms with van der Waals surface area (Å²) in [5, 5.41) is 12.1. The minimum absolute atomic E-state index is 0.0337. The Bertz CT molecular complexity index is 263. The van der Waals surface area contributed by atoms with Crippen molar-refractivity contribution in [3.8, 4) is 0 Å². The van der Waals surface area contributed by atoms with Crippen molar-refractivity contribution >= 4 is 6.09 Å². The van der Waals surface area contributed by atoms with Crippen molar-refractivity contribution in [2.24, 2.45) is 5.92 Å². The SMILES string of the molecule is CN1CCC(CO)C(NC(=O)OC(C)(C)C)C1. The Hall–Kier alpha value is -0.810. The number of alkyl carbamates (subject to hydrolysis) is 1. The molecule has 0 saturated carbocycles. The van der Waals surface area contributed by atoms with E-state index in [4.69, 9.17) is 4.74 Å². The van der Waals surface area contributed by atoms with Gasteiger partial charge < -0.3 is 20.1 Å². The molecule has 0 spiro atoms. The lowest BCUT2D eigenvalue weighted by molar-refractivity contribution is 0.0404. The summed E-state index contributed by atoms with van der Waals surface area (Å²) in [5.74, 6) is 0.124. The lowest BCUT2D eigenvalue weighted by atomic mass is 9.93. The molecule has 1 fully saturated rings. The first-order valence-corrected chi connectivity index (χ1v) is 6.11. The molecule has 2 N–H and O–H groups in total. The molecule has 1 aliphatic heterocycles. The van der Waals surface area contributed by atoms with Crippen LogP contribution in [0.15, 0.2) is 0 Å². The first kappa shape index (κ1) is 14.3. The van der Waals surface area contributed by atoms with E-state index in [1.54, 1.807) is 0 Å². The average Bonchev–Trinajstić information content (AvgIpc) is 2.14. The number of aliphatic hydroxyl groups excluding tert-OH is 1. The van der Waals surface area contributed by atoms with Crippen LogP contribution in [0.2, 0.25) is 0 Å². The summed E-state index contributed by atoms with van der Waals surface area (Å²) in [5.41, 5.74) is -0.487. The summed E-state index contributed by atoms with van der Waals surface area (Å²) in [6.07, 6.45) is 0.490. The zero-order valence-electron chi connectivity index (χ0n) is 11.2. The van der Waals surface area contributed by atoms with Gasteiger partial charge in [-0.15, -0.1) is 0 Å². The summed E-state index contributed by atoms with van der Waals surface area (Å²) in [6, 6.07) is -0.0337. The summed E-state index contributed by atoms with van der Waals surface area (Å²) >= 11 is 0. The number of nitrogens with zero attached hydrogens (tertiary/aromatic N) is 1. The van der Waals surface area contributed by atoms with Crippen LogP contribution in [-0.2, 0) is 4.74 Å². The molecular weight excluding hydrogens is 220 g/mol. The molecule has 0 aromatic rings. The van der Waals surface area contributed by atoms with Crippen molar-refractivity contribution < 1.29 is 14.6 Å². The van der Waals surface area contributed by atoms with E-state index in [1.807, 2.05) is 27.8 Å². The first-order chi connectivity index (χ1) is 7.81. The van der Waals surface area contributed by atoms with Gasteiger partial charge >= 0.3 is 6.09 Å². The Morgan fingerprint density at radius 1 is 1.53 bits per heavy atom. The van der Waals surface area contributed by atoms with Gasteiger partial charge in [0.15, 0.2) is 0 Å². The number of carbonyl (C=O) groups excluding carboxylic acids is 1. The highest BCUT2D eigenvalue weighted by Gasteiger charge is 2.29. The Balaban J connectivity index is 2.49. The van der Waals surface area contributed by atoms with Gasteiger partial charge in [-0.2, -0.15) is 0 Å². The minimum Gasteiger partial charge on any atom is -0.444 e. The second-order valence-electron chi connectivity index (χ2n) is 5.75. The molecule has 0 radical (unpaired) electrons. The van der Waals surface area contributed by atoms with Crippen molar-refractivity contribution in [1.82, 2.24) is 10.2 Å². The molecule has 1 heterocycles. The van der Waals surface area contributed by atoms with Crippen LogP contribution < -0.4 is 5.32 Å². The lowest BCUT2D eigenvalue weighted by Crippen LogP contribution is -2.53. The maximum Gasteiger partial charge on any atom is 0.407 e. The number of likely N-dealkylation sites (tertiary alicyclic amines) is 1. The van der Waals surface area contributed by atoms with Crippen LogP contribution >= 0.6 is 0 Å². The van der Waals surface area contributed by atoms with Crippen molar-refractivity contribution in [2.45, 2.75) is 38.8 Å². The van der Waals surface area contributed by atoms with Crippen LogP contribution in [0.25, 0.3) is 0 Å². The molecule has 0 aromatic heterocycles. The third-order valence-corrected chi connectivity index (χ3v) is 2.90. The molecule has 2 atom stereocenters. The van der Waals surface area contributed by atoms with Gasteiger partial charge in [0, 0.05) is 25.1 Å². The molecule has 0 aliphatic carbocycles. The molecule has 1 rings (SSSR count). The van der Waals surface area contributed by atoms with Crippen LogP contribution in [0.4, 0.5) is 4.79 Å². The summed E-state index contributed by atoms with van der Waals surface area (Å²) < 4.78 is 5.22. The first-order valence-electron chi connectivity index (χ1n) is 6.11. The van der Waals surface area contributed by atoms with Gasteiger partial charge in [-0.3, -0.25) is 0 Å². The number of amides is 1. The second kappa shape index (κ2) is 5.69. The molecule has 100 valence electrons. The summed E-state index contributed by atoms with van der Waals surface area (Å²) in [7, 11) is 2.01. The highest BCUT2D eigenvalue weighted by Crippen LogP contribution is 2.17. The van der Waals surface area contributed by atoms with Gasteiger partial charge in [-0.1, -0.05) is 0 Å². The van der Waals surface area contributed by atoms with Crippen LogP contribution in [0.1, 0.15) is 27.2 Å². The van der Waals surface area contributed by atoms with Crippen LogP contribution in [-0.4, -0.2) is 54.5 Å². The number of hydrogen-bond donors (Lipinski definition) is 2. The number of carbonyl (C=O) groups is 1. The predicted molar refractivity (Wildman–Crippen MR) is 65.8 cm³/mol. The van der Waals surface area contributed by atoms with Gasteiger partial charge in [0.1, 0.15) is 5.60 Å². The van der Waals surface area contributed by atoms with Gasteiger partial charge in [0.05, 0.1) is 0 Å². The number of ether oxygens (including phenoxy) is 1. The Morgan fingerprint density at radius 3 is 2.71 bits per heavy atom. The Kier molecular flexibility index (Phi) is 4.77. The fourth-order valence-electron chi connectivity index (χ4n) is 2.00. The second-order valence-corrected chi connectivity index (χ2v) is 5.75. The molecule has 5 heteroatoms. The largest absolute Gasteiger partial charge is 0.444 e. The standard InChI is InChI=1S/C12H24N2O3/c1-12(2,3)17-11(16)13-10-7-14(4)6-5-9(10)8-15/h9-10,15H,5-8H2,1-4H3,(H,13,16). The van der Waals surface area contributed by atoms with E-state index < -0.39 is 11.7 Å².